The molecule has 0 fully saturated rings. The van der Waals surface area contributed by atoms with Gasteiger partial charge in [0, 0.05) is 19.5 Å². The molecule has 1 atom stereocenters. The fraction of sp³-hybridized carbons (Fsp3) is 0.462. The highest BCUT2D eigenvalue weighted by atomic mass is 16.4. The van der Waals surface area contributed by atoms with Crippen molar-refractivity contribution in [1.82, 2.24) is 4.90 Å². The van der Waals surface area contributed by atoms with Crippen LogP contribution in [0.3, 0.4) is 0 Å². The molecular weight excluding hydrogens is 266 g/mol. The second-order valence-corrected chi connectivity index (χ2v) is 4.47. The van der Waals surface area contributed by atoms with Gasteiger partial charge in [-0.3, -0.25) is 14.4 Å². The Labute approximate surface area is 115 Å². The first-order chi connectivity index (χ1) is 9.41. The van der Waals surface area contributed by atoms with Crippen molar-refractivity contribution in [2.45, 2.75) is 19.8 Å². The molecule has 1 aromatic rings. The van der Waals surface area contributed by atoms with Gasteiger partial charge in [-0.05, 0) is 18.6 Å². The molecule has 0 saturated heterocycles. The van der Waals surface area contributed by atoms with Gasteiger partial charge in [-0.1, -0.05) is 6.92 Å². The molecule has 1 rings (SSSR count). The van der Waals surface area contributed by atoms with Crippen LogP contribution >= 0.6 is 0 Å². The van der Waals surface area contributed by atoms with E-state index in [1.54, 1.807) is 6.07 Å². The minimum Gasteiger partial charge on any atom is -0.481 e. The third kappa shape index (κ3) is 4.75. The molecule has 0 spiro atoms. The lowest BCUT2D eigenvalue weighted by atomic mass is 10.1. The standard InChI is InChI=1S/C13H17NO6/c1-9(13(18)19)8-14(6-2-5-11(15)16)12(17)10-4-3-7-20-10/h3-4,7,9H,2,5-6,8H2,1H3,(H,15,16)(H,18,19). The maximum absolute atomic E-state index is 12.1. The van der Waals surface area contributed by atoms with Crippen LogP contribution in [0.1, 0.15) is 30.3 Å². The summed E-state index contributed by atoms with van der Waals surface area (Å²) in [7, 11) is 0. The summed E-state index contributed by atoms with van der Waals surface area (Å²) in [5.74, 6) is -3.03. The Bertz CT molecular complexity index is 467. The maximum atomic E-state index is 12.1. The van der Waals surface area contributed by atoms with E-state index in [1.165, 1.54) is 24.2 Å². The van der Waals surface area contributed by atoms with Gasteiger partial charge in [0.1, 0.15) is 0 Å². The maximum Gasteiger partial charge on any atom is 0.308 e. The Balaban J connectivity index is 2.70. The quantitative estimate of drug-likeness (QED) is 0.744. The first kappa shape index (κ1) is 15.7. The van der Waals surface area contributed by atoms with Crippen LogP contribution in [0.2, 0.25) is 0 Å². The van der Waals surface area contributed by atoms with E-state index < -0.39 is 23.8 Å². The zero-order chi connectivity index (χ0) is 15.1. The monoisotopic (exact) mass is 283 g/mol. The molecule has 1 heterocycles. The molecule has 0 aliphatic heterocycles. The van der Waals surface area contributed by atoms with Crippen LogP contribution in [0.5, 0.6) is 0 Å². The Morgan fingerprint density at radius 2 is 2.05 bits per heavy atom. The predicted molar refractivity (Wildman–Crippen MR) is 68.3 cm³/mol. The first-order valence-corrected chi connectivity index (χ1v) is 6.19. The molecule has 1 unspecified atom stereocenters. The Hall–Kier alpha value is -2.31. The van der Waals surface area contributed by atoms with E-state index in [0.717, 1.165) is 0 Å². The summed E-state index contributed by atoms with van der Waals surface area (Å²) in [6.07, 6.45) is 1.53. The fourth-order valence-corrected chi connectivity index (χ4v) is 1.66. The summed E-state index contributed by atoms with van der Waals surface area (Å²) >= 11 is 0. The molecule has 1 aromatic heterocycles. The number of rotatable bonds is 8. The van der Waals surface area contributed by atoms with E-state index in [4.69, 9.17) is 14.6 Å². The Kier molecular flexibility index (Phi) is 5.76. The summed E-state index contributed by atoms with van der Waals surface area (Å²) in [6, 6.07) is 3.04. The zero-order valence-corrected chi connectivity index (χ0v) is 11.1. The molecule has 0 aromatic carbocycles. The van der Waals surface area contributed by atoms with Crippen LogP contribution in [0.25, 0.3) is 0 Å². The number of carboxylic acid groups (broad SMARTS) is 2. The largest absolute Gasteiger partial charge is 0.481 e. The summed E-state index contributed by atoms with van der Waals surface area (Å²) in [5, 5.41) is 17.5. The molecule has 1 amide bonds. The van der Waals surface area contributed by atoms with E-state index in [9.17, 15) is 14.4 Å². The number of hydrogen-bond acceptors (Lipinski definition) is 4. The normalized spacial score (nSPS) is 11.8. The molecule has 20 heavy (non-hydrogen) atoms. The van der Waals surface area contributed by atoms with Gasteiger partial charge < -0.3 is 19.5 Å². The predicted octanol–water partition coefficient (Wildman–Crippen LogP) is 1.31. The summed E-state index contributed by atoms with van der Waals surface area (Å²) in [5.41, 5.74) is 0. The molecule has 0 bridgehead atoms. The third-order valence-corrected chi connectivity index (χ3v) is 2.75. The second kappa shape index (κ2) is 7.32. The number of nitrogens with zero attached hydrogens (tertiary/aromatic N) is 1. The van der Waals surface area contributed by atoms with Gasteiger partial charge in [0.2, 0.25) is 0 Å². The van der Waals surface area contributed by atoms with Crippen molar-refractivity contribution in [2.75, 3.05) is 13.1 Å². The molecule has 110 valence electrons. The highest BCUT2D eigenvalue weighted by Gasteiger charge is 2.23. The van der Waals surface area contributed by atoms with Crippen LogP contribution in [0, 0.1) is 5.92 Å². The molecule has 2 N–H and O–H groups in total. The van der Waals surface area contributed by atoms with Crippen molar-refractivity contribution in [3.05, 3.63) is 24.2 Å². The topological polar surface area (TPSA) is 108 Å². The SMILES string of the molecule is CC(CN(CCCC(=O)O)C(=O)c1ccco1)C(=O)O. The Morgan fingerprint density at radius 1 is 1.35 bits per heavy atom. The molecule has 0 radical (unpaired) electrons. The van der Waals surface area contributed by atoms with E-state index in [0.29, 0.717) is 0 Å². The fourth-order valence-electron chi connectivity index (χ4n) is 1.66. The lowest BCUT2D eigenvalue weighted by Gasteiger charge is -2.23. The van der Waals surface area contributed by atoms with Crippen LogP contribution in [-0.4, -0.2) is 46.0 Å². The van der Waals surface area contributed by atoms with Gasteiger partial charge in [0.25, 0.3) is 5.91 Å². The molecule has 7 nitrogen and oxygen atoms in total. The minimum absolute atomic E-state index is 0.00842. The molecule has 0 aliphatic carbocycles. The van der Waals surface area contributed by atoms with Crippen LogP contribution < -0.4 is 0 Å². The Morgan fingerprint density at radius 3 is 2.55 bits per heavy atom. The van der Waals surface area contributed by atoms with Crippen LogP contribution in [0.4, 0.5) is 0 Å². The van der Waals surface area contributed by atoms with Crippen molar-refractivity contribution in [3.8, 4) is 0 Å². The lowest BCUT2D eigenvalue weighted by Crippen LogP contribution is -2.37. The highest BCUT2D eigenvalue weighted by molar-refractivity contribution is 5.91. The van der Waals surface area contributed by atoms with Gasteiger partial charge in [0.15, 0.2) is 5.76 Å². The highest BCUT2D eigenvalue weighted by Crippen LogP contribution is 2.10. The van der Waals surface area contributed by atoms with E-state index in [1.807, 2.05) is 0 Å². The van der Waals surface area contributed by atoms with Crippen molar-refractivity contribution >= 4 is 17.8 Å². The number of aliphatic carboxylic acids is 2. The number of furan rings is 1. The van der Waals surface area contributed by atoms with Gasteiger partial charge in [0.05, 0.1) is 12.2 Å². The van der Waals surface area contributed by atoms with Crippen LogP contribution in [-0.2, 0) is 9.59 Å². The average molecular weight is 283 g/mol. The van der Waals surface area contributed by atoms with Crippen molar-refractivity contribution in [2.24, 2.45) is 5.92 Å². The summed E-state index contributed by atoms with van der Waals surface area (Å²) in [4.78, 5) is 34.8. The first-order valence-electron chi connectivity index (χ1n) is 6.19. The van der Waals surface area contributed by atoms with Crippen molar-refractivity contribution in [1.29, 1.82) is 0 Å². The van der Waals surface area contributed by atoms with Crippen molar-refractivity contribution < 1.29 is 29.0 Å². The summed E-state index contributed by atoms with van der Waals surface area (Å²) < 4.78 is 4.99. The van der Waals surface area contributed by atoms with Crippen molar-refractivity contribution in [3.63, 3.8) is 0 Å². The lowest BCUT2D eigenvalue weighted by molar-refractivity contribution is -0.142. The number of carbonyl (C=O) groups is 3. The smallest absolute Gasteiger partial charge is 0.308 e. The third-order valence-electron chi connectivity index (χ3n) is 2.75. The molecule has 7 heteroatoms. The van der Waals surface area contributed by atoms with Crippen LogP contribution in [0.15, 0.2) is 22.8 Å². The van der Waals surface area contributed by atoms with E-state index in [-0.39, 0.29) is 31.7 Å². The molecular formula is C13H17NO6. The molecule has 0 saturated carbocycles. The summed E-state index contributed by atoms with van der Waals surface area (Å²) in [6.45, 7) is 1.67. The average Bonchev–Trinajstić information content (AvgIpc) is 2.89. The second-order valence-electron chi connectivity index (χ2n) is 4.47. The van der Waals surface area contributed by atoms with Gasteiger partial charge >= 0.3 is 11.9 Å². The number of carboxylic acids is 2. The zero-order valence-electron chi connectivity index (χ0n) is 11.1. The number of amides is 1. The van der Waals surface area contributed by atoms with Gasteiger partial charge in [-0.15, -0.1) is 0 Å². The number of carbonyl (C=O) groups excluding carboxylic acids is 1. The molecule has 0 aliphatic rings. The minimum atomic E-state index is -1.01. The van der Waals surface area contributed by atoms with Gasteiger partial charge in [-0.25, -0.2) is 0 Å². The van der Waals surface area contributed by atoms with Gasteiger partial charge in [-0.2, -0.15) is 0 Å². The van der Waals surface area contributed by atoms with E-state index >= 15 is 0 Å². The number of hydrogen-bond donors (Lipinski definition) is 2. The van der Waals surface area contributed by atoms with E-state index in [2.05, 4.69) is 0 Å².